The highest BCUT2D eigenvalue weighted by molar-refractivity contribution is 5.67. The average Bonchev–Trinajstić information content (AvgIpc) is 2.03. The maximum atomic E-state index is 10.3. The number of carbonyl (C=O) groups is 1. The van der Waals surface area contributed by atoms with Crippen LogP contribution in [0.1, 0.15) is 24.0 Å². The van der Waals surface area contributed by atoms with Crippen LogP contribution in [0.2, 0.25) is 0 Å². The van der Waals surface area contributed by atoms with Crippen molar-refractivity contribution in [2.45, 2.75) is 19.4 Å². The van der Waals surface area contributed by atoms with Crippen LogP contribution >= 0.6 is 0 Å². The Morgan fingerprint density at radius 1 is 1.77 bits per heavy atom. The van der Waals surface area contributed by atoms with Crippen LogP contribution in [0.5, 0.6) is 0 Å². The van der Waals surface area contributed by atoms with E-state index in [9.17, 15) is 4.79 Å². The lowest BCUT2D eigenvalue weighted by atomic mass is 10.2. The van der Waals surface area contributed by atoms with Gasteiger partial charge in [0.25, 0.3) is 0 Å². The van der Waals surface area contributed by atoms with E-state index in [0.717, 1.165) is 5.69 Å². The third kappa shape index (κ3) is 2.79. The molecule has 1 atom stereocenters. The van der Waals surface area contributed by atoms with Crippen molar-refractivity contribution in [1.82, 2.24) is 9.97 Å². The topological polar surface area (TPSA) is 89.1 Å². The van der Waals surface area contributed by atoms with Gasteiger partial charge in [-0.2, -0.15) is 0 Å². The van der Waals surface area contributed by atoms with Gasteiger partial charge in [0.1, 0.15) is 5.82 Å². The molecule has 5 nitrogen and oxygen atoms in total. The second-order valence-electron chi connectivity index (χ2n) is 2.76. The fourth-order valence-corrected chi connectivity index (χ4v) is 0.926. The summed E-state index contributed by atoms with van der Waals surface area (Å²) >= 11 is 0. The molecule has 1 aromatic rings. The highest BCUT2D eigenvalue weighted by Crippen LogP contribution is 2.08. The van der Waals surface area contributed by atoms with Crippen molar-refractivity contribution in [2.24, 2.45) is 5.73 Å². The van der Waals surface area contributed by atoms with Crippen LogP contribution in [0, 0.1) is 6.92 Å². The smallest absolute Gasteiger partial charge is 0.305 e. The number of aromatic nitrogens is 2. The second-order valence-corrected chi connectivity index (χ2v) is 2.76. The van der Waals surface area contributed by atoms with Gasteiger partial charge in [-0.25, -0.2) is 9.97 Å². The van der Waals surface area contributed by atoms with Crippen molar-refractivity contribution < 1.29 is 9.90 Å². The number of hydrogen-bond donors (Lipinski definition) is 2. The van der Waals surface area contributed by atoms with Gasteiger partial charge < -0.3 is 10.8 Å². The summed E-state index contributed by atoms with van der Waals surface area (Å²) in [6.45, 7) is 1.80. The number of nitrogens with zero attached hydrogens (tertiary/aromatic N) is 2. The van der Waals surface area contributed by atoms with Crippen molar-refractivity contribution in [3.8, 4) is 0 Å². The molecular weight excluding hydrogens is 170 g/mol. The lowest BCUT2D eigenvalue weighted by molar-refractivity contribution is -0.137. The lowest BCUT2D eigenvalue weighted by Gasteiger charge is -2.06. The Bertz CT molecular complexity index is 314. The van der Waals surface area contributed by atoms with Gasteiger partial charge in [0.2, 0.25) is 0 Å². The molecule has 0 aromatic carbocycles. The van der Waals surface area contributed by atoms with E-state index in [1.807, 2.05) is 0 Å². The Kier molecular flexibility index (Phi) is 2.92. The Morgan fingerprint density at radius 3 is 3.00 bits per heavy atom. The molecule has 0 fully saturated rings. The lowest BCUT2D eigenvalue weighted by Crippen LogP contribution is -2.18. The van der Waals surface area contributed by atoms with Gasteiger partial charge in [0.15, 0.2) is 0 Å². The summed E-state index contributed by atoms with van der Waals surface area (Å²) in [5.41, 5.74) is 6.34. The zero-order valence-electron chi connectivity index (χ0n) is 7.27. The maximum Gasteiger partial charge on any atom is 0.305 e. The maximum absolute atomic E-state index is 10.3. The van der Waals surface area contributed by atoms with Crippen molar-refractivity contribution in [3.05, 3.63) is 23.8 Å². The van der Waals surface area contributed by atoms with E-state index in [-0.39, 0.29) is 6.42 Å². The summed E-state index contributed by atoms with van der Waals surface area (Å²) in [4.78, 5) is 18.3. The number of carboxylic acid groups (broad SMARTS) is 1. The van der Waals surface area contributed by atoms with E-state index >= 15 is 0 Å². The van der Waals surface area contributed by atoms with Crippen molar-refractivity contribution in [2.75, 3.05) is 0 Å². The molecule has 0 saturated heterocycles. The highest BCUT2D eigenvalue weighted by atomic mass is 16.4. The zero-order valence-corrected chi connectivity index (χ0v) is 7.27. The summed E-state index contributed by atoms with van der Waals surface area (Å²) in [5.74, 6) is -0.569. The summed E-state index contributed by atoms with van der Waals surface area (Å²) in [5, 5.41) is 8.48. The molecule has 1 heterocycles. The molecular formula is C8H11N3O2. The first-order chi connectivity index (χ1) is 6.09. The van der Waals surface area contributed by atoms with Gasteiger partial charge in [-0.3, -0.25) is 4.79 Å². The highest BCUT2D eigenvalue weighted by Gasteiger charge is 2.12. The molecule has 5 heteroatoms. The molecule has 0 aliphatic heterocycles. The van der Waals surface area contributed by atoms with Crippen molar-refractivity contribution in [1.29, 1.82) is 0 Å². The van der Waals surface area contributed by atoms with Gasteiger partial charge in [-0.05, 0) is 13.0 Å². The predicted molar refractivity (Wildman–Crippen MR) is 46.0 cm³/mol. The summed E-state index contributed by atoms with van der Waals surface area (Å²) in [7, 11) is 0. The minimum atomic E-state index is -0.947. The minimum absolute atomic E-state index is 0.149. The van der Waals surface area contributed by atoms with E-state index in [4.69, 9.17) is 10.8 Å². The number of hydrogen-bond acceptors (Lipinski definition) is 4. The first-order valence-corrected chi connectivity index (χ1v) is 3.86. The fraction of sp³-hybridized carbons (Fsp3) is 0.375. The van der Waals surface area contributed by atoms with E-state index in [1.165, 1.54) is 0 Å². The Balaban J connectivity index is 2.76. The van der Waals surface area contributed by atoms with E-state index < -0.39 is 12.0 Å². The number of nitrogens with two attached hydrogens (primary N) is 1. The molecule has 0 saturated carbocycles. The second kappa shape index (κ2) is 3.95. The van der Waals surface area contributed by atoms with Crippen molar-refractivity contribution in [3.63, 3.8) is 0 Å². The molecule has 0 aliphatic rings. The molecule has 0 bridgehead atoms. The molecule has 1 unspecified atom stereocenters. The fourth-order valence-electron chi connectivity index (χ4n) is 0.926. The molecule has 3 N–H and O–H groups in total. The summed E-state index contributed by atoms with van der Waals surface area (Å²) < 4.78 is 0. The molecule has 70 valence electrons. The van der Waals surface area contributed by atoms with Crippen LogP contribution in [0.3, 0.4) is 0 Å². The Morgan fingerprint density at radius 2 is 2.46 bits per heavy atom. The molecule has 0 radical (unpaired) electrons. The normalized spacial score (nSPS) is 12.5. The monoisotopic (exact) mass is 181 g/mol. The van der Waals surface area contributed by atoms with E-state index in [2.05, 4.69) is 9.97 Å². The molecule has 0 spiro atoms. The number of aryl methyl sites for hydroxylation is 1. The Hall–Kier alpha value is -1.49. The number of aliphatic carboxylic acids is 1. The minimum Gasteiger partial charge on any atom is -0.481 e. The number of rotatable bonds is 3. The molecule has 1 rings (SSSR count). The van der Waals surface area contributed by atoms with Crippen molar-refractivity contribution >= 4 is 5.97 Å². The van der Waals surface area contributed by atoms with Gasteiger partial charge in [0, 0.05) is 11.9 Å². The molecule has 13 heavy (non-hydrogen) atoms. The third-order valence-electron chi connectivity index (χ3n) is 1.54. The predicted octanol–water partition coefficient (Wildman–Crippen LogP) is 0.260. The van der Waals surface area contributed by atoms with Gasteiger partial charge in [0.05, 0.1) is 12.5 Å². The Labute approximate surface area is 75.6 Å². The summed E-state index contributed by atoms with van der Waals surface area (Å²) in [6, 6.07) is 1.11. The van der Waals surface area contributed by atoms with E-state index in [0.29, 0.717) is 5.82 Å². The molecule has 0 amide bonds. The van der Waals surface area contributed by atoms with Crippen LogP contribution in [-0.4, -0.2) is 21.0 Å². The standard InChI is InChI=1S/C8H11N3O2/c1-5-2-3-10-8(11-5)6(9)4-7(12)13/h2-3,6H,4,9H2,1H3,(H,12,13). The van der Waals surface area contributed by atoms with Crippen LogP contribution < -0.4 is 5.73 Å². The molecule has 1 aromatic heterocycles. The van der Waals surface area contributed by atoms with Gasteiger partial charge in [-0.15, -0.1) is 0 Å². The van der Waals surface area contributed by atoms with Crippen LogP contribution in [0.25, 0.3) is 0 Å². The molecule has 0 aliphatic carbocycles. The first-order valence-electron chi connectivity index (χ1n) is 3.86. The van der Waals surface area contributed by atoms with Gasteiger partial charge >= 0.3 is 5.97 Å². The third-order valence-corrected chi connectivity index (χ3v) is 1.54. The largest absolute Gasteiger partial charge is 0.481 e. The SMILES string of the molecule is Cc1ccnc(C(N)CC(=O)O)n1. The van der Waals surface area contributed by atoms with Gasteiger partial charge in [-0.1, -0.05) is 0 Å². The first kappa shape index (κ1) is 9.60. The van der Waals surface area contributed by atoms with Crippen LogP contribution in [-0.2, 0) is 4.79 Å². The average molecular weight is 181 g/mol. The van der Waals surface area contributed by atoms with Crippen LogP contribution in [0.15, 0.2) is 12.3 Å². The summed E-state index contributed by atoms with van der Waals surface area (Å²) in [6.07, 6.45) is 1.42. The van der Waals surface area contributed by atoms with E-state index in [1.54, 1.807) is 19.2 Å². The quantitative estimate of drug-likeness (QED) is 0.698. The zero-order chi connectivity index (χ0) is 9.84. The van der Waals surface area contributed by atoms with Crippen LogP contribution in [0.4, 0.5) is 0 Å². The number of carboxylic acids is 1.